The van der Waals surface area contributed by atoms with E-state index in [1.54, 1.807) is 39.8 Å². The Bertz CT molecular complexity index is 1120. The van der Waals surface area contributed by atoms with Gasteiger partial charge in [-0.25, -0.2) is 13.1 Å². The standard InChI is InChI=1S/C24H30N2O6S/c1-5-31-23(28)24(12-13-24)18-6-8-19(9-7-18)25-22(27)15-32-21-11-10-20(14-17(21)4)33(29,30)26-16(2)3/h6-11,14,16,26H,5,12-13,15H2,1-4H3,(H,25,27). The second kappa shape index (κ2) is 9.93. The first-order valence-corrected chi connectivity index (χ1v) is 12.4. The number of hydrogen-bond acceptors (Lipinski definition) is 6. The Labute approximate surface area is 194 Å². The van der Waals surface area contributed by atoms with Crippen LogP contribution in [-0.4, -0.2) is 39.5 Å². The van der Waals surface area contributed by atoms with Crippen molar-refractivity contribution >= 4 is 27.6 Å². The van der Waals surface area contributed by atoms with Gasteiger partial charge in [-0.3, -0.25) is 9.59 Å². The molecule has 178 valence electrons. The van der Waals surface area contributed by atoms with E-state index in [0.717, 1.165) is 18.4 Å². The highest BCUT2D eigenvalue weighted by Crippen LogP contribution is 2.49. The summed E-state index contributed by atoms with van der Waals surface area (Å²) < 4.78 is 37.9. The number of carbonyl (C=O) groups is 2. The predicted molar refractivity (Wildman–Crippen MR) is 125 cm³/mol. The van der Waals surface area contributed by atoms with E-state index in [0.29, 0.717) is 23.6 Å². The van der Waals surface area contributed by atoms with E-state index in [2.05, 4.69) is 10.0 Å². The summed E-state index contributed by atoms with van der Waals surface area (Å²) in [7, 11) is -3.60. The van der Waals surface area contributed by atoms with E-state index in [-0.39, 0.29) is 29.4 Å². The quantitative estimate of drug-likeness (QED) is 0.511. The van der Waals surface area contributed by atoms with Crippen LogP contribution in [0.2, 0.25) is 0 Å². The topological polar surface area (TPSA) is 111 Å². The second-order valence-electron chi connectivity index (χ2n) is 8.42. The summed E-state index contributed by atoms with van der Waals surface area (Å²) in [6, 6.07) is 11.4. The Hall–Kier alpha value is -2.91. The minimum Gasteiger partial charge on any atom is -0.483 e. The molecule has 8 nitrogen and oxygen atoms in total. The summed E-state index contributed by atoms with van der Waals surface area (Å²) in [5.41, 5.74) is 1.52. The number of nitrogens with one attached hydrogen (secondary N) is 2. The molecule has 0 saturated heterocycles. The molecule has 0 aromatic heterocycles. The van der Waals surface area contributed by atoms with E-state index < -0.39 is 15.4 Å². The maximum atomic E-state index is 12.3. The lowest BCUT2D eigenvalue weighted by Gasteiger charge is -2.15. The number of hydrogen-bond donors (Lipinski definition) is 2. The summed E-state index contributed by atoms with van der Waals surface area (Å²) in [4.78, 5) is 24.7. The number of amides is 1. The van der Waals surface area contributed by atoms with Crippen molar-refractivity contribution in [1.29, 1.82) is 0 Å². The van der Waals surface area contributed by atoms with Crippen molar-refractivity contribution in [2.75, 3.05) is 18.5 Å². The number of benzene rings is 2. The maximum absolute atomic E-state index is 12.3. The number of anilines is 1. The first-order chi connectivity index (χ1) is 15.6. The lowest BCUT2D eigenvalue weighted by Crippen LogP contribution is -2.30. The van der Waals surface area contributed by atoms with Gasteiger partial charge in [0.05, 0.1) is 16.9 Å². The van der Waals surface area contributed by atoms with Crippen LogP contribution >= 0.6 is 0 Å². The molecule has 0 spiro atoms. The van der Waals surface area contributed by atoms with E-state index >= 15 is 0 Å². The Balaban J connectivity index is 1.57. The molecule has 0 atom stereocenters. The molecule has 9 heteroatoms. The number of sulfonamides is 1. The van der Waals surface area contributed by atoms with Crippen molar-refractivity contribution in [2.24, 2.45) is 0 Å². The van der Waals surface area contributed by atoms with Crippen LogP contribution in [-0.2, 0) is 29.8 Å². The molecule has 1 aliphatic rings. The van der Waals surface area contributed by atoms with Gasteiger partial charge in [0, 0.05) is 11.7 Å². The molecular weight excluding hydrogens is 444 g/mol. The highest BCUT2D eigenvalue weighted by Gasteiger charge is 2.52. The molecule has 0 radical (unpaired) electrons. The van der Waals surface area contributed by atoms with Gasteiger partial charge in [-0.15, -0.1) is 0 Å². The summed E-state index contributed by atoms with van der Waals surface area (Å²) in [5, 5.41) is 2.76. The van der Waals surface area contributed by atoms with Gasteiger partial charge < -0.3 is 14.8 Å². The zero-order valence-corrected chi connectivity index (χ0v) is 20.1. The van der Waals surface area contributed by atoms with Gasteiger partial charge in [-0.05, 0) is 82.0 Å². The third-order valence-corrected chi connectivity index (χ3v) is 7.00. The molecule has 0 aliphatic heterocycles. The van der Waals surface area contributed by atoms with Crippen molar-refractivity contribution in [1.82, 2.24) is 4.72 Å². The third-order valence-electron chi connectivity index (χ3n) is 5.34. The number of carbonyl (C=O) groups excluding carboxylic acids is 2. The fourth-order valence-electron chi connectivity index (χ4n) is 3.55. The summed E-state index contributed by atoms with van der Waals surface area (Å²) in [5.74, 6) is -0.134. The van der Waals surface area contributed by atoms with E-state index in [4.69, 9.17) is 9.47 Å². The number of aryl methyl sites for hydroxylation is 1. The smallest absolute Gasteiger partial charge is 0.316 e. The molecule has 0 unspecified atom stereocenters. The van der Waals surface area contributed by atoms with Crippen LogP contribution < -0.4 is 14.8 Å². The van der Waals surface area contributed by atoms with E-state index in [1.807, 2.05) is 12.1 Å². The summed E-state index contributed by atoms with van der Waals surface area (Å²) in [6.45, 7) is 7.12. The molecule has 0 heterocycles. The SMILES string of the molecule is CCOC(=O)C1(c2ccc(NC(=O)COc3ccc(S(=O)(=O)NC(C)C)cc3C)cc2)CC1. The van der Waals surface area contributed by atoms with Gasteiger partial charge >= 0.3 is 5.97 Å². The highest BCUT2D eigenvalue weighted by atomic mass is 32.2. The molecule has 1 amide bonds. The van der Waals surface area contributed by atoms with Crippen LogP contribution in [0.5, 0.6) is 5.75 Å². The van der Waals surface area contributed by atoms with Gasteiger partial charge in [0.25, 0.3) is 5.91 Å². The van der Waals surface area contributed by atoms with Crippen LogP contribution in [0.3, 0.4) is 0 Å². The number of rotatable bonds is 10. The zero-order chi connectivity index (χ0) is 24.2. The van der Waals surface area contributed by atoms with Gasteiger partial charge in [-0.2, -0.15) is 0 Å². The Morgan fingerprint density at radius 3 is 2.30 bits per heavy atom. The Morgan fingerprint density at radius 1 is 1.09 bits per heavy atom. The molecule has 1 aliphatic carbocycles. The van der Waals surface area contributed by atoms with Gasteiger partial charge in [0.15, 0.2) is 6.61 Å². The van der Waals surface area contributed by atoms with Crippen LogP contribution in [0.15, 0.2) is 47.4 Å². The summed E-state index contributed by atoms with van der Waals surface area (Å²) >= 11 is 0. The molecule has 2 aromatic carbocycles. The number of ether oxygens (including phenoxy) is 2. The fraction of sp³-hybridized carbons (Fsp3) is 0.417. The third kappa shape index (κ3) is 5.91. The minimum atomic E-state index is -3.60. The maximum Gasteiger partial charge on any atom is 0.316 e. The number of esters is 1. The minimum absolute atomic E-state index is 0.141. The molecule has 2 N–H and O–H groups in total. The molecule has 1 saturated carbocycles. The lowest BCUT2D eigenvalue weighted by molar-refractivity contribution is -0.146. The van der Waals surface area contributed by atoms with Crippen LogP contribution in [0.1, 0.15) is 44.7 Å². The normalized spacial score (nSPS) is 14.6. The largest absolute Gasteiger partial charge is 0.483 e. The Kier molecular flexibility index (Phi) is 7.44. The van der Waals surface area contributed by atoms with E-state index in [9.17, 15) is 18.0 Å². The monoisotopic (exact) mass is 474 g/mol. The van der Waals surface area contributed by atoms with Crippen LogP contribution in [0, 0.1) is 6.92 Å². The Morgan fingerprint density at radius 2 is 1.76 bits per heavy atom. The molecule has 2 aromatic rings. The van der Waals surface area contributed by atoms with Crippen molar-refractivity contribution in [3.8, 4) is 5.75 Å². The lowest BCUT2D eigenvalue weighted by atomic mass is 9.96. The van der Waals surface area contributed by atoms with Crippen molar-refractivity contribution in [3.63, 3.8) is 0 Å². The highest BCUT2D eigenvalue weighted by molar-refractivity contribution is 7.89. The average molecular weight is 475 g/mol. The van der Waals surface area contributed by atoms with Gasteiger partial charge in [0.1, 0.15) is 5.75 Å². The van der Waals surface area contributed by atoms with Crippen molar-refractivity contribution in [2.45, 2.75) is 56.9 Å². The molecular formula is C24H30N2O6S. The first kappa shape index (κ1) is 24.7. The van der Waals surface area contributed by atoms with Crippen molar-refractivity contribution in [3.05, 3.63) is 53.6 Å². The average Bonchev–Trinajstić information content (AvgIpc) is 3.55. The zero-order valence-electron chi connectivity index (χ0n) is 19.3. The molecule has 0 bridgehead atoms. The molecule has 3 rings (SSSR count). The fourth-order valence-corrected chi connectivity index (χ4v) is 4.88. The molecule has 1 fully saturated rings. The first-order valence-electron chi connectivity index (χ1n) is 10.9. The van der Waals surface area contributed by atoms with Crippen LogP contribution in [0.4, 0.5) is 5.69 Å². The molecule has 33 heavy (non-hydrogen) atoms. The summed E-state index contributed by atoms with van der Waals surface area (Å²) in [6.07, 6.45) is 1.52. The van der Waals surface area contributed by atoms with Gasteiger partial charge in [0.2, 0.25) is 10.0 Å². The predicted octanol–water partition coefficient (Wildman–Crippen LogP) is 3.29. The second-order valence-corrected chi connectivity index (χ2v) is 10.1. The van der Waals surface area contributed by atoms with Crippen LogP contribution in [0.25, 0.3) is 0 Å². The van der Waals surface area contributed by atoms with Gasteiger partial charge in [-0.1, -0.05) is 12.1 Å². The van der Waals surface area contributed by atoms with Crippen molar-refractivity contribution < 1.29 is 27.5 Å². The van der Waals surface area contributed by atoms with E-state index in [1.165, 1.54) is 18.2 Å².